The van der Waals surface area contributed by atoms with E-state index in [1.54, 1.807) is 0 Å². The molecule has 0 spiro atoms. The molecule has 0 N–H and O–H groups in total. The van der Waals surface area contributed by atoms with Gasteiger partial charge in [-0.1, -0.05) is 15.9 Å². The lowest BCUT2D eigenvalue weighted by molar-refractivity contribution is -0.0569. The molecule has 0 radical (unpaired) electrons. The quantitative estimate of drug-likeness (QED) is 0.449. The molecule has 2 atom stereocenters. The Morgan fingerprint density at radius 1 is 1.47 bits per heavy atom. The van der Waals surface area contributed by atoms with E-state index in [0.717, 1.165) is 0 Å². The molecule has 0 aromatic rings. The smallest absolute Gasteiger partial charge is 0.375 e. The molecule has 0 unspecified atom stereocenters. The summed E-state index contributed by atoms with van der Waals surface area (Å²) in [5.74, 6) is 0. The van der Waals surface area contributed by atoms with Crippen LogP contribution in [0.4, 0.5) is 13.2 Å². The summed E-state index contributed by atoms with van der Waals surface area (Å²) in [5.41, 5.74) is -5.38. The van der Waals surface area contributed by atoms with Gasteiger partial charge in [0.05, 0.1) is 19.3 Å². The van der Waals surface area contributed by atoms with E-state index in [-0.39, 0.29) is 4.83 Å². The van der Waals surface area contributed by atoms with Crippen LogP contribution in [-0.2, 0) is 19.0 Å². The average Bonchev–Trinajstić information content (AvgIpc) is 2.46. The normalized spacial score (nSPS) is 28.3. The maximum atomic E-state index is 11.8. The van der Waals surface area contributed by atoms with Gasteiger partial charge in [-0.2, -0.15) is 21.6 Å². The highest BCUT2D eigenvalue weighted by molar-refractivity contribution is 9.09. The third-order valence-corrected chi connectivity index (χ3v) is 3.38. The second kappa shape index (κ2) is 4.56. The van der Waals surface area contributed by atoms with Crippen LogP contribution >= 0.6 is 15.9 Å². The van der Waals surface area contributed by atoms with E-state index < -0.39 is 28.3 Å². The summed E-state index contributed by atoms with van der Waals surface area (Å²) in [5, 5.41) is 0. The fourth-order valence-corrected chi connectivity index (χ4v) is 2.04. The monoisotopic (exact) mass is 312 g/mol. The van der Waals surface area contributed by atoms with Crippen molar-refractivity contribution in [3.05, 3.63) is 0 Å². The van der Waals surface area contributed by atoms with Gasteiger partial charge in [0.1, 0.15) is 0 Å². The molecular weight excluding hydrogens is 305 g/mol. The van der Waals surface area contributed by atoms with E-state index in [1.165, 1.54) is 0 Å². The predicted octanol–water partition coefficient (Wildman–Crippen LogP) is 1.41. The van der Waals surface area contributed by atoms with Crippen molar-refractivity contribution in [3.63, 3.8) is 0 Å². The van der Waals surface area contributed by atoms with Crippen molar-refractivity contribution in [2.75, 3.05) is 13.2 Å². The van der Waals surface area contributed by atoms with Crippen LogP contribution in [0.5, 0.6) is 0 Å². The van der Waals surface area contributed by atoms with Crippen LogP contribution in [0.2, 0.25) is 0 Å². The Morgan fingerprint density at radius 2 is 2.07 bits per heavy atom. The minimum Gasteiger partial charge on any atom is -0.375 e. The Balaban J connectivity index is 2.44. The first kappa shape index (κ1) is 13.2. The Labute approximate surface area is 93.0 Å². The van der Waals surface area contributed by atoms with E-state index in [1.807, 2.05) is 0 Å². The summed E-state index contributed by atoms with van der Waals surface area (Å²) in [6.45, 7) is -0.274. The minimum absolute atomic E-state index is 0.0275. The minimum atomic E-state index is -5.50. The first-order valence-electron chi connectivity index (χ1n) is 3.94. The zero-order valence-corrected chi connectivity index (χ0v) is 9.73. The van der Waals surface area contributed by atoms with Crippen molar-refractivity contribution in [2.45, 2.75) is 22.9 Å². The highest BCUT2D eigenvalue weighted by atomic mass is 79.9. The van der Waals surface area contributed by atoms with E-state index in [9.17, 15) is 21.6 Å². The topological polar surface area (TPSA) is 52.6 Å². The van der Waals surface area contributed by atoms with Crippen LogP contribution in [0.25, 0.3) is 0 Å². The Bertz CT molecular complexity index is 315. The molecule has 1 aliphatic heterocycles. The first-order chi connectivity index (χ1) is 6.72. The molecule has 1 heterocycles. The highest BCUT2D eigenvalue weighted by Gasteiger charge is 2.47. The van der Waals surface area contributed by atoms with Gasteiger partial charge in [0.2, 0.25) is 0 Å². The van der Waals surface area contributed by atoms with E-state index in [0.29, 0.717) is 13.0 Å². The number of ether oxygens (including phenoxy) is 1. The molecule has 0 amide bonds. The maximum Gasteiger partial charge on any atom is 0.523 e. The SMILES string of the molecule is O=S(=O)(OC[C@@H]1C[C@H](Br)CO1)C(F)(F)F. The van der Waals surface area contributed by atoms with Crippen LogP contribution in [-0.4, -0.2) is 38.1 Å². The second-order valence-electron chi connectivity index (χ2n) is 2.97. The third kappa shape index (κ3) is 3.58. The number of halogens is 4. The maximum absolute atomic E-state index is 11.8. The van der Waals surface area contributed by atoms with Crippen LogP contribution in [0.1, 0.15) is 6.42 Å². The summed E-state index contributed by atoms with van der Waals surface area (Å²) < 4.78 is 65.2. The molecule has 0 aliphatic carbocycles. The molecule has 0 bridgehead atoms. The van der Waals surface area contributed by atoms with Gasteiger partial charge in [0, 0.05) is 4.83 Å². The lowest BCUT2D eigenvalue weighted by Gasteiger charge is -2.11. The molecule has 1 aliphatic rings. The Hall–Kier alpha value is 0.140. The molecule has 0 aromatic carbocycles. The summed E-state index contributed by atoms with van der Waals surface area (Å²) in [6, 6.07) is 0. The summed E-state index contributed by atoms with van der Waals surface area (Å²) >= 11 is 3.19. The average molecular weight is 313 g/mol. The molecule has 1 rings (SSSR count). The predicted molar refractivity (Wildman–Crippen MR) is 48.0 cm³/mol. The van der Waals surface area contributed by atoms with Crippen molar-refractivity contribution in [1.82, 2.24) is 0 Å². The molecular formula is C6H8BrF3O4S. The van der Waals surface area contributed by atoms with Crippen LogP contribution in [0, 0.1) is 0 Å². The summed E-state index contributed by atoms with van der Waals surface area (Å²) in [4.78, 5) is 0.0275. The first-order valence-corrected chi connectivity index (χ1v) is 6.26. The molecule has 9 heteroatoms. The van der Waals surface area contributed by atoms with E-state index in [4.69, 9.17) is 4.74 Å². The molecule has 90 valence electrons. The zero-order valence-electron chi connectivity index (χ0n) is 7.33. The van der Waals surface area contributed by atoms with Gasteiger partial charge in [0.25, 0.3) is 0 Å². The molecule has 15 heavy (non-hydrogen) atoms. The fraction of sp³-hybridized carbons (Fsp3) is 1.00. The van der Waals surface area contributed by atoms with Crippen molar-refractivity contribution < 1.29 is 30.5 Å². The molecule has 0 aromatic heterocycles. The number of hydrogen-bond acceptors (Lipinski definition) is 4. The van der Waals surface area contributed by atoms with Gasteiger partial charge < -0.3 is 4.74 Å². The Morgan fingerprint density at radius 3 is 2.47 bits per heavy atom. The van der Waals surface area contributed by atoms with Crippen LogP contribution in [0.15, 0.2) is 0 Å². The summed E-state index contributed by atoms with van der Waals surface area (Å²) in [7, 11) is -5.50. The van der Waals surface area contributed by atoms with Crippen molar-refractivity contribution in [1.29, 1.82) is 0 Å². The van der Waals surface area contributed by atoms with Gasteiger partial charge in [0.15, 0.2) is 0 Å². The lowest BCUT2D eigenvalue weighted by atomic mass is 10.2. The van der Waals surface area contributed by atoms with E-state index in [2.05, 4.69) is 20.1 Å². The molecule has 1 fully saturated rings. The summed E-state index contributed by atoms with van der Waals surface area (Å²) in [6.07, 6.45) is -0.195. The molecule has 1 saturated heterocycles. The van der Waals surface area contributed by atoms with Crippen LogP contribution in [0.3, 0.4) is 0 Å². The van der Waals surface area contributed by atoms with Crippen molar-refractivity contribution in [2.24, 2.45) is 0 Å². The van der Waals surface area contributed by atoms with Gasteiger partial charge in [-0.15, -0.1) is 0 Å². The largest absolute Gasteiger partial charge is 0.523 e. The zero-order chi connectivity index (χ0) is 11.7. The van der Waals surface area contributed by atoms with Gasteiger partial charge in [-0.25, -0.2) is 0 Å². The van der Waals surface area contributed by atoms with E-state index >= 15 is 0 Å². The van der Waals surface area contributed by atoms with Crippen molar-refractivity contribution in [3.8, 4) is 0 Å². The molecule has 0 saturated carbocycles. The van der Waals surface area contributed by atoms with Gasteiger partial charge >= 0.3 is 15.6 Å². The van der Waals surface area contributed by atoms with Crippen LogP contribution < -0.4 is 0 Å². The lowest BCUT2D eigenvalue weighted by Crippen LogP contribution is -2.28. The number of alkyl halides is 4. The highest BCUT2D eigenvalue weighted by Crippen LogP contribution is 2.26. The van der Waals surface area contributed by atoms with Gasteiger partial charge in [-0.05, 0) is 6.42 Å². The molecule has 4 nitrogen and oxygen atoms in total. The third-order valence-electron chi connectivity index (χ3n) is 1.72. The Kier molecular flexibility index (Phi) is 4.01. The second-order valence-corrected chi connectivity index (χ2v) is 5.87. The fourth-order valence-electron chi connectivity index (χ4n) is 1.01. The van der Waals surface area contributed by atoms with Gasteiger partial charge in [-0.3, -0.25) is 4.18 Å². The number of rotatable bonds is 3. The number of hydrogen-bond donors (Lipinski definition) is 0. The van der Waals surface area contributed by atoms with Crippen molar-refractivity contribution >= 4 is 26.0 Å². The standard InChI is InChI=1S/C6H8BrF3O4S/c7-4-1-5(13-2-4)3-14-15(11,12)6(8,9)10/h4-5H,1-3H2/t4-,5-/m0/s1.